The van der Waals surface area contributed by atoms with Crippen molar-refractivity contribution in [2.75, 3.05) is 0 Å². The molecule has 0 saturated heterocycles. The van der Waals surface area contributed by atoms with Gasteiger partial charge in [-0.1, -0.05) is 0 Å². The number of benzene rings is 1. The van der Waals surface area contributed by atoms with Crippen molar-refractivity contribution in [1.82, 2.24) is 0 Å². The van der Waals surface area contributed by atoms with Gasteiger partial charge >= 0.3 is 71.3 Å². The van der Waals surface area contributed by atoms with Crippen molar-refractivity contribution in [2.24, 2.45) is 0 Å². The Balaban J connectivity index is 2.84. The van der Waals surface area contributed by atoms with Crippen molar-refractivity contribution in [3.8, 4) is 0 Å². The molecule has 1 aromatic carbocycles. The topological polar surface area (TPSA) is 57.5 Å². The van der Waals surface area contributed by atoms with Crippen molar-refractivity contribution in [1.29, 1.82) is 0 Å². The van der Waals surface area contributed by atoms with E-state index >= 15 is 0 Å². The summed E-state index contributed by atoms with van der Waals surface area (Å²) >= 11 is -4.65. The van der Waals surface area contributed by atoms with Crippen molar-refractivity contribution < 1.29 is 16.3 Å². The third-order valence-electron chi connectivity index (χ3n) is 1.28. The molecule has 66 valence electrons. The molecule has 2 N–H and O–H groups in total. The molecular weight excluding hydrogens is 226 g/mol. The Morgan fingerprint density at radius 3 is 2.58 bits per heavy atom. The molecule has 0 saturated carbocycles. The Bertz CT molecular complexity index is 320. The number of hydrogen-bond acceptors (Lipinski definition) is 1. The van der Waals surface area contributed by atoms with E-state index in [0.717, 1.165) is 6.07 Å². The van der Waals surface area contributed by atoms with Gasteiger partial charge in [0.25, 0.3) is 0 Å². The molecule has 0 aliphatic carbocycles. The molecule has 0 aliphatic rings. The average Bonchev–Trinajstić information content (AvgIpc) is 1.82. The molecule has 0 atom stereocenters. The maximum atomic E-state index is 12.5. The molecule has 0 radical (unpaired) electrons. The minimum absolute atomic E-state index is 0.336. The predicted molar refractivity (Wildman–Crippen MR) is 41.0 cm³/mol. The van der Waals surface area contributed by atoms with Gasteiger partial charge < -0.3 is 0 Å². The van der Waals surface area contributed by atoms with E-state index in [1.165, 1.54) is 18.2 Å². The molecule has 0 amide bonds. The van der Waals surface area contributed by atoms with Gasteiger partial charge in [-0.15, -0.1) is 0 Å². The number of hydrogen-bond donors (Lipinski definition) is 2. The standard InChI is InChI=1S/C7H8AsFO3/c9-7-3-1-2-6(4-7)5-8(10,11)12/h1-4H,5H2,(H2,10,11,12). The Kier molecular flexibility index (Phi) is 2.72. The van der Waals surface area contributed by atoms with Crippen LogP contribution in [0.2, 0.25) is 0 Å². The predicted octanol–water partition coefficient (Wildman–Crippen LogP) is 0.261. The van der Waals surface area contributed by atoms with Gasteiger partial charge in [-0.2, -0.15) is 0 Å². The molecule has 5 heteroatoms. The fourth-order valence-electron chi connectivity index (χ4n) is 0.873. The molecular formula is C7H8AsFO3. The number of halogens is 1. The van der Waals surface area contributed by atoms with Crippen LogP contribution in [0.5, 0.6) is 0 Å². The summed E-state index contributed by atoms with van der Waals surface area (Å²) in [5.74, 6) is -0.476. The Morgan fingerprint density at radius 1 is 1.42 bits per heavy atom. The van der Waals surface area contributed by atoms with E-state index in [4.69, 9.17) is 8.19 Å². The van der Waals surface area contributed by atoms with E-state index < -0.39 is 20.0 Å². The summed E-state index contributed by atoms with van der Waals surface area (Å²) in [6.45, 7) is 0. The summed E-state index contributed by atoms with van der Waals surface area (Å²) in [6, 6.07) is 5.27. The molecule has 0 unspecified atom stereocenters. The third-order valence-corrected chi connectivity index (χ3v) is 2.91. The van der Waals surface area contributed by atoms with Crippen LogP contribution in [0.15, 0.2) is 24.3 Å². The second kappa shape index (κ2) is 3.43. The Hall–Kier alpha value is -0.572. The summed E-state index contributed by atoms with van der Waals surface area (Å²) < 4.78 is 40.3. The normalized spacial score (nSPS) is 11.6. The summed E-state index contributed by atoms with van der Waals surface area (Å²) in [5, 5.41) is -0.351. The van der Waals surface area contributed by atoms with Crippen LogP contribution in [0.4, 0.5) is 4.39 Å². The first-order valence-electron chi connectivity index (χ1n) is 3.26. The van der Waals surface area contributed by atoms with Crippen LogP contribution >= 0.6 is 0 Å². The van der Waals surface area contributed by atoms with Gasteiger partial charge in [0.1, 0.15) is 0 Å². The van der Waals surface area contributed by atoms with Crippen LogP contribution < -0.4 is 0 Å². The van der Waals surface area contributed by atoms with Gasteiger partial charge in [0.05, 0.1) is 0 Å². The molecule has 0 bridgehead atoms. The molecule has 0 spiro atoms. The van der Waals surface area contributed by atoms with E-state index in [1.807, 2.05) is 0 Å². The first-order chi connectivity index (χ1) is 5.47. The maximum absolute atomic E-state index is 12.5. The van der Waals surface area contributed by atoms with Crippen molar-refractivity contribution in [3.05, 3.63) is 35.6 Å². The van der Waals surface area contributed by atoms with Gasteiger partial charge in [-0.05, 0) is 0 Å². The van der Waals surface area contributed by atoms with Gasteiger partial charge in [-0.25, -0.2) is 0 Å². The zero-order valence-corrected chi connectivity index (χ0v) is 8.02. The second-order valence-corrected chi connectivity index (χ2v) is 5.91. The molecule has 0 aliphatic heterocycles. The molecule has 0 aromatic heterocycles. The molecule has 3 nitrogen and oxygen atoms in total. The molecule has 1 aromatic rings. The summed E-state index contributed by atoms with van der Waals surface area (Å²) in [5.41, 5.74) is 0.336. The van der Waals surface area contributed by atoms with Gasteiger partial charge in [-0.3, -0.25) is 0 Å². The van der Waals surface area contributed by atoms with E-state index in [2.05, 4.69) is 0 Å². The van der Waals surface area contributed by atoms with E-state index in [0.29, 0.717) is 5.56 Å². The van der Waals surface area contributed by atoms with Crippen molar-refractivity contribution in [3.63, 3.8) is 0 Å². The summed E-state index contributed by atoms with van der Waals surface area (Å²) in [6.07, 6.45) is 0. The first kappa shape index (κ1) is 9.52. The SMILES string of the molecule is O=[As](O)(O)Cc1cccc(F)c1. The van der Waals surface area contributed by atoms with Crippen LogP contribution in [-0.2, 0) is 8.95 Å². The fourth-order valence-corrected chi connectivity index (χ4v) is 2.28. The summed E-state index contributed by atoms with van der Waals surface area (Å²) in [7, 11) is 0. The van der Waals surface area contributed by atoms with Crippen LogP contribution in [0, 0.1) is 5.82 Å². The number of rotatable bonds is 2. The molecule has 12 heavy (non-hydrogen) atoms. The van der Waals surface area contributed by atoms with E-state index in [9.17, 15) is 8.13 Å². The van der Waals surface area contributed by atoms with Crippen molar-refractivity contribution in [2.45, 2.75) is 5.21 Å². The molecule has 1 rings (SSSR count). The van der Waals surface area contributed by atoms with Crippen LogP contribution in [0.3, 0.4) is 0 Å². The van der Waals surface area contributed by atoms with Gasteiger partial charge in [0, 0.05) is 0 Å². The Labute approximate surface area is 71.8 Å². The van der Waals surface area contributed by atoms with Crippen LogP contribution in [0.1, 0.15) is 5.56 Å². The monoisotopic (exact) mass is 234 g/mol. The second-order valence-electron chi connectivity index (χ2n) is 2.45. The third kappa shape index (κ3) is 3.22. The van der Waals surface area contributed by atoms with Crippen molar-refractivity contribution >= 4 is 14.2 Å². The van der Waals surface area contributed by atoms with Gasteiger partial charge in [0.2, 0.25) is 0 Å². The Morgan fingerprint density at radius 2 is 2.08 bits per heavy atom. The zero-order chi connectivity index (χ0) is 9.19. The van der Waals surface area contributed by atoms with Crippen LogP contribution in [-0.4, -0.2) is 22.4 Å². The average molecular weight is 234 g/mol. The van der Waals surface area contributed by atoms with E-state index in [1.54, 1.807) is 0 Å². The molecule has 0 heterocycles. The fraction of sp³-hybridized carbons (Fsp3) is 0.143. The molecule has 0 fully saturated rings. The summed E-state index contributed by atoms with van der Waals surface area (Å²) in [4.78, 5) is 0. The van der Waals surface area contributed by atoms with E-state index in [-0.39, 0.29) is 5.21 Å². The first-order valence-corrected chi connectivity index (χ1v) is 7.03. The van der Waals surface area contributed by atoms with Gasteiger partial charge in [0.15, 0.2) is 0 Å². The minimum atomic E-state index is -4.65. The quantitative estimate of drug-likeness (QED) is 0.721. The van der Waals surface area contributed by atoms with Crippen LogP contribution in [0.25, 0.3) is 0 Å². The zero-order valence-electron chi connectivity index (χ0n) is 6.14.